The molecular formula is C19H23N5O2S2. The van der Waals surface area contributed by atoms with Gasteiger partial charge in [0.15, 0.2) is 14.9 Å². The predicted octanol–water partition coefficient (Wildman–Crippen LogP) is 2.99. The Labute approximate surface area is 169 Å². The molecule has 0 spiro atoms. The zero-order chi connectivity index (χ0) is 19.9. The zero-order valence-corrected chi connectivity index (χ0v) is 17.8. The van der Waals surface area contributed by atoms with Gasteiger partial charge in [0.2, 0.25) is 0 Å². The molecule has 0 amide bonds. The third kappa shape index (κ3) is 3.33. The highest BCUT2D eigenvalue weighted by Gasteiger charge is 2.32. The Kier molecular flexibility index (Phi) is 4.75. The van der Waals surface area contributed by atoms with Gasteiger partial charge in [-0.3, -0.25) is 0 Å². The smallest absolute Gasteiger partial charge is 0.200 e. The topological polar surface area (TPSA) is 79.3 Å². The Balaban J connectivity index is 1.48. The van der Waals surface area contributed by atoms with Crippen molar-refractivity contribution >= 4 is 42.9 Å². The number of rotatable bonds is 3. The molecule has 0 unspecified atom stereocenters. The molecular weight excluding hydrogens is 394 g/mol. The number of nitrogens with zero attached hydrogens (tertiary/aromatic N) is 5. The van der Waals surface area contributed by atoms with Gasteiger partial charge in [0.25, 0.3) is 0 Å². The van der Waals surface area contributed by atoms with Crippen molar-refractivity contribution in [2.75, 3.05) is 36.0 Å². The van der Waals surface area contributed by atoms with Crippen LogP contribution in [-0.4, -0.2) is 54.3 Å². The summed E-state index contributed by atoms with van der Waals surface area (Å²) in [4.78, 5) is 18.6. The average molecular weight is 418 g/mol. The molecule has 0 aromatic carbocycles. The Morgan fingerprint density at radius 2 is 1.68 bits per heavy atom. The van der Waals surface area contributed by atoms with Crippen LogP contribution in [0.15, 0.2) is 41.1 Å². The first-order chi connectivity index (χ1) is 13.3. The Morgan fingerprint density at radius 1 is 0.964 bits per heavy atom. The summed E-state index contributed by atoms with van der Waals surface area (Å²) in [7, 11) is -3.44. The lowest BCUT2D eigenvalue weighted by atomic mass is 10.2. The number of sulfone groups is 1. The van der Waals surface area contributed by atoms with Crippen molar-refractivity contribution < 1.29 is 8.42 Å². The molecule has 0 radical (unpaired) electrons. The minimum Gasteiger partial charge on any atom is -0.367 e. The number of hydrogen-bond acceptors (Lipinski definition) is 8. The van der Waals surface area contributed by atoms with Crippen molar-refractivity contribution in [1.29, 1.82) is 0 Å². The first-order valence-corrected chi connectivity index (χ1v) is 11.5. The highest BCUT2D eigenvalue weighted by atomic mass is 32.2. The van der Waals surface area contributed by atoms with E-state index in [1.54, 1.807) is 50.7 Å². The van der Waals surface area contributed by atoms with Gasteiger partial charge >= 0.3 is 0 Å². The summed E-state index contributed by atoms with van der Waals surface area (Å²) in [6.45, 7) is 8.39. The summed E-state index contributed by atoms with van der Waals surface area (Å²) in [6, 6.07) is 5.53. The molecule has 0 saturated carbocycles. The van der Waals surface area contributed by atoms with Gasteiger partial charge in [-0.15, -0.1) is 11.3 Å². The summed E-state index contributed by atoms with van der Waals surface area (Å²) in [5, 5.41) is 3.26. The average Bonchev–Trinajstić information content (AvgIpc) is 3.16. The largest absolute Gasteiger partial charge is 0.367 e. The number of piperazine rings is 1. The quantitative estimate of drug-likeness (QED) is 0.648. The van der Waals surface area contributed by atoms with Gasteiger partial charge in [0.1, 0.15) is 17.0 Å². The summed E-state index contributed by atoms with van der Waals surface area (Å²) in [5.74, 6) is 0.982. The molecule has 0 atom stereocenters. The van der Waals surface area contributed by atoms with Crippen LogP contribution in [0.2, 0.25) is 0 Å². The molecule has 148 valence electrons. The zero-order valence-electron chi connectivity index (χ0n) is 16.2. The Morgan fingerprint density at radius 3 is 2.32 bits per heavy atom. The van der Waals surface area contributed by atoms with Crippen LogP contribution in [-0.2, 0) is 9.84 Å². The van der Waals surface area contributed by atoms with Gasteiger partial charge in [-0.2, -0.15) is 0 Å². The van der Waals surface area contributed by atoms with E-state index < -0.39 is 14.6 Å². The molecule has 1 aliphatic rings. The molecule has 4 heterocycles. The maximum Gasteiger partial charge on any atom is 0.200 e. The maximum atomic E-state index is 12.5. The molecule has 3 aromatic rings. The van der Waals surface area contributed by atoms with Gasteiger partial charge < -0.3 is 9.80 Å². The van der Waals surface area contributed by atoms with Crippen LogP contribution < -0.4 is 9.80 Å². The van der Waals surface area contributed by atoms with E-state index in [1.807, 2.05) is 11.4 Å². The van der Waals surface area contributed by atoms with Crippen LogP contribution in [0.25, 0.3) is 10.2 Å². The normalized spacial score (nSPS) is 16.0. The number of fused-ring (bicyclic) bond motifs is 1. The van der Waals surface area contributed by atoms with Crippen molar-refractivity contribution in [3.8, 4) is 0 Å². The van der Waals surface area contributed by atoms with Crippen LogP contribution in [0.5, 0.6) is 0 Å². The number of aromatic nitrogens is 3. The summed E-state index contributed by atoms with van der Waals surface area (Å²) in [6.07, 6.45) is 3.29. The Bertz CT molecular complexity index is 1080. The molecule has 1 fully saturated rings. The fraction of sp³-hybridized carbons (Fsp3) is 0.421. The van der Waals surface area contributed by atoms with E-state index in [-0.39, 0.29) is 5.03 Å². The van der Waals surface area contributed by atoms with E-state index in [1.165, 1.54) is 0 Å². The van der Waals surface area contributed by atoms with Crippen LogP contribution in [0.3, 0.4) is 0 Å². The van der Waals surface area contributed by atoms with Crippen molar-refractivity contribution in [3.05, 3.63) is 36.1 Å². The van der Waals surface area contributed by atoms with Crippen LogP contribution in [0.4, 0.5) is 11.5 Å². The molecule has 28 heavy (non-hydrogen) atoms. The predicted molar refractivity (Wildman–Crippen MR) is 113 cm³/mol. The van der Waals surface area contributed by atoms with Crippen LogP contribution in [0.1, 0.15) is 20.8 Å². The van der Waals surface area contributed by atoms with Crippen molar-refractivity contribution in [2.45, 2.75) is 30.5 Å². The number of pyridine rings is 1. The van der Waals surface area contributed by atoms with Gasteiger partial charge in [0.05, 0.1) is 22.0 Å². The van der Waals surface area contributed by atoms with E-state index in [9.17, 15) is 8.42 Å². The van der Waals surface area contributed by atoms with Crippen molar-refractivity contribution in [1.82, 2.24) is 15.0 Å². The van der Waals surface area contributed by atoms with Gasteiger partial charge in [-0.05, 0) is 44.4 Å². The number of hydrogen-bond donors (Lipinski definition) is 0. The second-order valence-electron chi connectivity index (χ2n) is 7.78. The highest BCUT2D eigenvalue weighted by Crippen LogP contribution is 2.29. The number of thiophene rings is 1. The molecule has 0 N–H and O–H groups in total. The lowest BCUT2D eigenvalue weighted by Gasteiger charge is -2.36. The third-order valence-corrected chi connectivity index (χ3v) is 8.21. The fourth-order valence-electron chi connectivity index (χ4n) is 3.24. The first kappa shape index (κ1) is 19.1. The lowest BCUT2D eigenvalue weighted by molar-refractivity contribution is 0.556. The van der Waals surface area contributed by atoms with Gasteiger partial charge in [-0.1, -0.05) is 0 Å². The standard InChI is InChI=1S/C19H23N5O2S2/c1-19(2,3)28(25,26)16-5-4-14(12-20-16)23-7-9-24(10-8-23)17-15-6-11-27-18(15)22-13-21-17/h4-6,11-13H,7-10H2,1-3H3. The van der Waals surface area contributed by atoms with Crippen molar-refractivity contribution in [3.63, 3.8) is 0 Å². The minimum atomic E-state index is -3.44. The van der Waals surface area contributed by atoms with Gasteiger partial charge in [0, 0.05) is 26.2 Å². The molecule has 0 bridgehead atoms. The molecule has 1 aliphatic heterocycles. The fourth-order valence-corrected chi connectivity index (χ4v) is 5.03. The Hall–Kier alpha value is -2.26. The molecule has 9 heteroatoms. The van der Waals surface area contributed by atoms with E-state index in [0.717, 1.165) is 47.9 Å². The van der Waals surface area contributed by atoms with Crippen LogP contribution in [0, 0.1) is 0 Å². The molecule has 4 rings (SSSR count). The molecule has 1 saturated heterocycles. The van der Waals surface area contributed by atoms with E-state index in [0.29, 0.717) is 0 Å². The molecule has 7 nitrogen and oxygen atoms in total. The summed E-state index contributed by atoms with van der Waals surface area (Å²) >= 11 is 1.62. The summed E-state index contributed by atoms with van der Waals surface area (Å²) < 4.78 is 24.2. The lowest BCUT2D eigenvalue weighted by Crippen LogP contribution is -2.47. The highest BCUT2D eigenvalue weighted by molar-refractivity contribution is 7.92. The third-order valence-electron chi connectivity index (χ3n) is 4.99. The molecule has 0 aliphatic carbocycles. The van der Waals surface area contributed by atoms with E-state index in [4.69, 9.17) is 0 Å². The van der Waals surface area contributed by atoms with Crippen molar-refractivity contribution in [2.24, 2.45) is 0 Å². The van der Waals surface area contributed by atoms with Crippen LogP contribution >= 0.6 is 11.3 Å². The van der Waals surface area contributed by atoms with E-state index in [2.05, 4.69) is 30.8 Å². The SMILES string of the molecule is CC(C)(C)S(=O)(=O)c1ccc(N2CCN(c3ncnc4sccc34)CC2)cn1. The molecule has 3 aromatic heterocycles. The minimum absolute atomic E-state index is 0.128. The second kappa shape index (κ2) is 6.97. The number of anilines is 2. The van der Waals surface area contributed by atoms with E-state index >= 15 is 0 Å². The maximum absolute atomic E-state index is 12.5. The summed E-state index contributed by atoms with van der Waals surface area (Å²) in [5.41, 5.74) is 0.941. The first-order valence-electron chi connectivity index (χ1n) is 9.16. The monoisotopic (exact) mass is 417 g/mol. The second-order valence-corrected chi connectivity index (χ2v) is 11.3. The van der Waals surface area contributed by atoms with Gasteiger partial charge in [-0.25, -0.2) is 23.4 Å².